The quantitative estimate of drug-likeness (QED) is 0.686. The first-order chi connectivity index (χ1) is 9.88. The van der Waals surface area contributed by atoms with E-state index in [0.717, 1.165) is 0 Å². The summed E-state index contributed by atoms with van der Waals surface area (Å²) in [6.07, 6.45) is 0. The van der Waals surface area contributed by atoms with Crippen molar-refractivity contribution in [1.29, 1.82) is 0 Å². The fourth-order valence-corrected chi connectivity index (χ4v) is 2.08. The lowest BCUT2D eigenvalue weighted by Gasteiger charge is -2.09. The number of aryl methyl sites for hydroxylation is 1. The standard InChI is InChI=1S/C13H11Cl2N3O3/c1-6-5-9(11(16-6)12(19)20)18-13(21)17-8-4-2-3-7(14)10(8)15/h2-5,16H,1H3,(H,19,20)(H2,17,18,21). The molecular formula is C13H11Cl2N3O3. The monoisotopic (exact) mass is 327 g/mol. The number of H-pyrrole nitrogens is 1. The summed E-state index contributed by atoms with van der Waals surface area (Å²) in [5, 5.41) is 14.5. The second-order valence-electron chi connectivity index (χ2n) is 4.23. The molecule has 110 valence electrons. The van der Waals surface area contributed by atoms with Gasteiger partial charge in [-0.25, -0.2) is 9.59 Å². The van der Waals surface area contributed by atoms with E-state index in [2.05, 4.69) is 15.6 Å². The Labute approximate surface area is 130 Å². The van der Waals surface area contributed by atoms with Gasteiger partial charge in [-0.3, -0.25) is 0 Å². The lowest BCUT2D eigenvalue weighted by atomic mass is 10.3. The van der Waals surface area contributed by atoms with Crippen LogP contribution in [0.1, 0.15) is 16.2 Å². The minimum atomic E-state index is -1.17. The minimum absolute atomic E-state index is 0.0974. The van der Waals surface area contributed by atoms with E-state index in [-0.39, 0.29) is 16.4 Å². The van der Waals surface area contributed by atoms with Crippen LogP contribution >= 0.6 is 23.2 Å². The number of urea groups is 1. The molecule has 0 spiro atoms. The molecule has 21 heavy (non-hydrogen) atoms. The lowest BCUT2D eigenvalue weighted by molar-refractivity contribution is 0.0692. The number of hydrogen-bond acceptors (Lipinski definition) is 2. The van der Waals surface area contributed by atoms with Gasteiger partial charge in [-0.2, -0.15) is 0 Å². The first kappa shape index (κ1) is 15.2. The molecule has 0 unspecified atom stereocenters. The molecule has 4 N–H and O–H groups in total. The fourth-order valence-electron chi connectivity index (χ4n) is 1.73. The summed E-state index contributed by atoms with van der Waals surface area (Å²) in [5.74, 6) is -1.17. The molecule has 2 aromatic rings. The van der Waals surface area contributed by atoms with Gasteiger partial charge in [0.15, 0.2) is 0 Å². The van der Waals surface area contributed by atoms with E-state index in [4.69, 9.17) is 28.3 Å². The molecule has 0 bridgehead atoms. The van der Waals surface area contributed by atoms with Crippen molar-refractivity contribution in [3.05, 3.63) is 45.7 Å². The van der Waals surface area contributed by atoms with Crippen molar-refractivity contribution >= 4 is 46.6 Å². The van der Waals surface area contributed by atoms with Gasteiger partial charge in [0.25, 0.3) is 0 Å². The second-order valence-corrected chi connectivity index (χ2v) is 5.01. The van der Waals surface area contributed by atoms with Crippen LogP contribution in [0.4, 0.5) is 16.2 Å². The molecule has 0 saturated carbocycles. The van der Waals surface area contributed by atoms with Gasteiger partial charge in [0.1, 0.15) is 5.69 Å². The maximum Gasteiger partial charge on any atom is 0.354 e. The van der Waals surface area contributed by atoms with E-state index in [9.17, 15) is 9.59 Å². The zero-order chi connectivity index (χ0) is 15.6. The van der Waals surface area contributed by atoms with Crippen LogP contribution in [0, 0.1) is 6.92 Å². The fraction of sp³-hybridized carbons (Fsp3) is 0.0769. The van der Waals surface area contributed by atoms with Gasteiger partial charge in [-0.05, 0) is 25.1 Å². The predicted molar refractivity (Wildman–Crippen MR) is 81.6 cm³/mol. The summed E-state index contributed by atoms with van der Waals surface area (Å²) < 4.78 is 0. The predicted octanol–water partition coefficient (Wildman–Crippen LogP) is 3.97. The van der Waals surface area contributed by atoms with Crippen LogP contribution in [0.5, 0.6) is 0 Å². The molecule has 1 aromatic heterocycles. The van der Waals surface area contributed by atoms with E-state index in [1.165, 1.54) is 6.07 Å². The van der Waals surface area contributed by atoms with Crippen LogP contribution in [0.2, 0.25) is 10.0 Å². The van der Waals surface area contributed by atoms with E-state index >= 15 is 0 Å². The highest BCUT2D eigenvalue weighted by molar-refractivity contribution is 6.44. The van der Waals surface area contributed by atoms with E-state index in [0.29, 0.717) is 16.4 Å². The third-order valence-electron chi connectivity index (χ3n) is 2.61. The number of amides is 2. The minimum Gasteiger partial charge on any atom is -0.477 e. The number of aromatic nitrogens is 1. The van der Waals surface area contributed by atoms with Crippen molar-refractivity contribution in [3.8, 4) is 0 Å². The molecule has 0 atom stereocenters. The molecule has 0 aliphatic heterocycles. The van der Waals surface area contributed by atoms with Crippen molar-refractivity contribution in [3.63, 3.8) is 0 Å². The summed E-state index contributed by atoms with van der Waals surface area (Å²) in [5.41, 5.74) is 1.00. The number of carbonyl (C=O) groups is 2. The zero-order valence-electron chi connectivity index (χ0n) is 10.8. The molecule has 2 rings (SSSR count). The molecule has 1 heterocycles. The normalized spacial score (nSPS) is 10.2. The highest BCUT2D eigenvalue weighted by atomic mass is 35.5. The van der Waals surface area contributed by atoms with Crippen molar-refractivity contribution < 1.29 is 14.7 Å². The Morgan fingerprint density at radius 3 is 2.52 bits per heavy atom. The van der Waals surface area contributed by atoms with Crippen LogP contribution < -0.4 is 10.6 Å². The first-order valence-electron chi connectivity index (χ1n) is 5.83. The summed E-state index contributed by atoms with van der Waals surface area (Å²) in [4.78, 5) is 25.6. The maximum absolute atomic E-state index is 11.9. The summed E-state index contributed by atoms with van der Waals surface area (Å²) in [6.45, 7) is 1.68. The van der Waals surface area contributed by atoms with Gasteiger partial charge < -0.3 is 20.7 Å². The SMILES string of the molecule is Cc1cc(NC(=O)Nc2cccc(Cl)c2Cl)c(C(=O)O)[nH]1. The van der Waals surface area contributed by atoms with E-state index in [1.54, 1.807) is 25.1 Å². The van der Waals surface area contributed by atoms with Crippen molar-refractivity contribution in [2.45, 2.75) is 6.92 Å². The number of anilines is 2. The molecule has 0 aliphatic carbocycles. The largest absolute Gasteiger partial charge is 0.477 e. The van der Waals surface area contributed by atoms with Crippen LogP contribution in [-0.2, 0) is 0 Å². The average Bonchev–Trinajstić information content (AvgIpc) is 2.76. The Bertz CT molecular complexity index is 713. The van der Waals surface area contributed by atoms with Crippen LogP contribution in [0.25, 0.3) is 0 Å². The third kappa shape index (κ3) is 3.48. The number of rotatable bonds is 3. The molecule has 0 aliphatic rings. The van der Waals surface area contributed by atoms with E-state index in [1.807, 2.05) is 0 Å². The Kier molecular flexibility index (Phi) is 4.40. The number of aromatic carboxylic acids is 1. The van der Waals surface area contributed by atoms with E-state index < -0.39 is 12.0 Å². The Balaban J connectivity index is 2.16. The molecule has 1 aromatic carbocycles. The molecule has 0 fully saturated rings. The maximum atomic E-state index is 11.9. The molecule has 2 amide bonds. The van der Waals surface area contributed by atoms with Crippen molar-refractivity contribution in [1.82, 2.24) is 4.98 Å². The van der Waals surface area contributed by atoms with Crippen LogP contribution in [0.3, 0.4) is 0 Å². The lowest BCUT2D eigenvalue weighted by Crippen LogP contribution is -2.20. The van der Waals surface area contributed by atoms with Gasteiger partial charge in [-0.15, -0.1) is 0 Å². The summed E-state index contributed by atoms with van der Waals surface area (Å²) >= 11 is 11.8. The summed E-state index contributed by atoms with van der Waals surface area (Å²) in [6, 6.07) is 5.69. The zero-order valence-corrected chi connectivity index (χ0v) is 12.3. The summed E-state index contributed by atoms with van der Waals surface area (Å²) in [7, 11) is 0. The molecule has 8 heteroatoms. The smallest absolute Gasteiger partial charge is 0.354 e. The number of carboxylic acids is 1. The van der Waals surface area contributed by atoms with Gasteiger partial charge >= 0.3 is 12.0 Å². The molecule has 0 saturated heterocycles. The average molecular weight is 328 g/mol. The number of hydrogen-bond donors (Lipinski definition) is 4. The number of aromatic amines is 1. The number of carboxylic acid groups (broad SMARTS) is 1. The van der Waals surface area contributed by atoms with Gasteiger partial charge in [-0.1, -0.05) is 29.3 Å². The Hall–Kier alpha value is -2.18. The van der Waals surface area contributed by atoms with Gasteiger partial charge in [0, 0.05) is 5.69 Å². The van der Waals surface area contributed by atoms with Gasteiger partial charge in [0.2, 0.25) is 0 Å². The van der Waals surface area contributed by atoms with Crippen molar-refractivity contribution in [2.24, 2.45) is 0 Å². The second kappa shape index (κ2) is 6.07. The highest BCUT2D eigenvalue weighted by Crippen LogP contribution is 2.29. The molecular weight excluding hydrogens is 317 g/mol. The van der Waals surface area contributed by atoms with Crippen LogP contribution in [-0.4, -0.2) is 22.1 Å². The third-order valence-corrected chi connectivity index (χ3v) is 3.43. The molecule has 0 radical (unpaired) electrons. The first-order valence-corrected chi connectivity index (χ1v) is 6.59. The number of benzene rings is 1. The topological polar surface area (TPSA) is 94.2 Å². The number of halogens is 2. The Morgan fingerprint density at radius 2 is 1.86 bits per heavy atom. The number of nitrogens with one attached hydrogen (secondary N) is 3. The highest BCUT2D eigenvalue weighted by Gasteiger charge is 2.16. The van der Waals surface area contributed by atoms with Crippen molar-refractivity contribution in [2.75, 3.05) is 10.6 Å². The number of carbonyl (C=O) groups excluding carboxylic acids is 1. The van der Waals surface area contributed by atoms with Gasteiger partial charge in [0.05, 0.1) is 21.4 Å². The van der Waals surface area contributed by atoms with Crippen LogP contribution in [0.15, 0.2) is 24.3 Å². The Morgan fingerprint density at radius 1 is 1.19 bits per heavy atom. The molecule has 6 nitrogen and oxygen atoms in total.